The predicted octanol–water partition coefficient (Wildman–Crippen LogP) is 3.14. The van der Waals surface area contributed by atoms with Crippen LogP contribution < -0.4 is 17.0 Å². The first-order valence-corrected chi connectivity index (χ1v) is 12.4. The molecule has 0 amide bonds. The third-order valence-corrected chi connectivity index (χ3v) is 12.9. The topological polar surface area (TPSA) is 27.7 Å². The van der Waals surface area contributed by atoms with Crippen LogP contribution in [-0.2, 0) is 26.5 Å². The first-order valence-electron chi connectivity index (χ1n) is 10.2. The van der Waals surface area contributed by atoms with E-state index in [2.05, 4.69) is 88.4 Å². The lowest BCUT2D eigenvalue weighted by Crippen LogP contribution is -3.00. The van der Waals surface area contributed by atoms with Crippen molar-refractivity contribution in [2.45, 2.75) is 75.1 Å². The fourth-order valence-corrected chi connectivity index (χ4v) is 12.4. The Hall–Kier alpha value is -0.770. The maximum Gasteiger partial charge on any atom is 0.186 e. The molecule has 4 bridgehead atoms. The Kier molecular flexibility index (Phi) is 5.08. The molecule has 4 saturated heterocycles. The van der Waals surface area contributed by atoms with E-state index in [1.165, 1.54) is 11.1 Å². The monoisotopic (exact) mass is 476 g/mol. The summed E-state index contributed by atoms with van der Waals surface area (Å²) in [6.07, 6.45) is 3.64. The van der Waals surface area contributed by atoms with Crippen molar-refractivity contribution < 1.29 is 31.2 Å². The lowest BCUT2D eigenvalue weighted by molar-refractivity contribution is -0.470. The smallest absolute Gasteiger partial charge is 0.186 e. The van der Waals surface area contributed by atoms with Crippen LogP contribution in [0.4, 0.5) is 0 Å². The van der Waals surface area contributed by atoms with Crippen molar-refractivity contribution in [2.75, 3.05) is 0 Å². The standard InChI is InChI=1S/C24H30O3P.BrH/c1-21-17-23(3)27-22(2,25-21)18-24(4,26-21)28(23,15-19-11-7-5-8-12-19)16-20-13-9-6-10-14-20;/h5-14H,15-18H2,1-4H3;1H/q+1;/p-1/t21-,22-,23+,24+;/m0./s1. The van der Waals surface area contributed by atoms with Gasteiger partial charge in [-0.3, -0.25) is 0 Å². The molecule has 0 aromatic heterocycles. The molecule has 2 aromatic carbocycles. The van der Waals surface area contributed by atoms with Crippen molar-refractivity contribution >= 4 is 7.26 Å². The maximum atomic E-state index is 6.84. The summed E-state index contributed by atoms with van der Waals surface area (Å²) >= 11 is 0. The molecule has 4 aliphatic heterocycles. The minimum Gasteiger partial charge on any atom is -1.00 e. The van der Waals surface area contributed by atoms with Gasteiger partial charge in [0.1, 0.15) is 0 Å². The molecule has 4 aliphatic rings. The molecule has 5 heteroatoms. The number of rotatable bonds is 4. The van der Waals surface area contributed by atoms with Gasteiger partial charge in [-0.05, 0) is 25.0 Å². The summed E-state index contributed by atoms with van der Waals surface area (Å²) in [5.74, 6) is -1.13. The zero-order chi connectivity index (χ0) is 19.7. The van der Waals surface area contributed by atoms with E-state index in [0.717, 1.165) is 25.2 Å². The fourth-order valence-electron chi connectivity index (χ4n) is 6.33. The van der Waals surface area contributed by atoms with Gasteiger partial charge in [0.25, 0.3) is 0 Å². The third-order valence-electron chi connectivity index (χ3n) is 7.00. The lowest BCUT2D eigenvalue weighted by atomic mass is 9.98. The van der Waals surface area contributed by atoms with Crippen molar-refractivity contribution in [3.63, 3.8) is 0 Å². The Morgan fingerprint density at radius 1 is 0.655 bits per heavy atom. The third kappa shape index (κ3) is 3.23. The average molecular weight is 477 g/mol. The summed E-state index contributed by atoms with van der Waals surface area (Å²) in [6, 6.07) is 21.8. The van der Waals surface area contributed by atoms with E-state index in [1.54, 1.807) is 0 Å². The molecule has 0 spiro atoms. The fraction of sp³-hybridized carbons (Fsp3) is 0.500. The molecule has 6 rings (SSSR count). The first-order chi connectivity index (χ1) is 13.2. The van der Waals surface area contributed by atoms with Gasteiger partial charge >= 0.3 is 0 Å². The van der Waals surface area contributed by atoms with E-state index in [1.807, 2.05) is 0 Å². The van der Waals surface area contributed by atoms with Crippen molar-refractivity contribution in [1.29, 1.82) is 0 Å². The van der Waals surface area contributed by atoms with E-state index in [-0.39, 0.29) is 27.7 Å². The minimum atomic E-state index is -1.79. The molecule has 4 fully saturated rings. The predicted molar refractivity (Wildman–Crippen MR) is 113 cm³/mol. The second-order valence-corrected chi connectivity index (χ2v) is 14.0. The number of ether oxygens (including phenoxy) is 3. The van der Waals surface area contributed by atoms with Crippen LogP contribution in [0.2, 0.25) is 0 Å². The Morgan fingerprint density at radius 3 is 1.41 bits per heavy atom. The maximum absolute atomic E-state index is 6.84. The van der Waals surface area contributed by atoms with Gasteiger partial charge in [0, 0.05) is 13.8 Å². The van der Waals surface area contributed by atoms with Crippen LogP contribution in [0.1, 0.15) is 51.7 Å². The zero-order valence-corrected chi connectivity index (χ0v) is 20.1. The van der Waals surface area contributed by atoms with E-state index < -0.39 is 18.8 Å². The van der Waals surface area contributed by atoms with Crippen LogP contribution in [0.5, 0.6) is 0 Å². The van der Waals surface area contributed by atoms with Crippen LogP contribution in [0.25, 0.3) is 0 Å². The highest BCUT2D eigenvalue weighted by atomic mass is 79.9. The molecular formula is C24H30BrO3P. The second kappa shape index (κ2) is 6.87. The summed E-state index contributed by atoms with van der Waals surface area (Å²) in [7, 11) is -1.79. The molecule has 0 saturated carbocycles. The molecular weight excluding hydrogens is 447 g/mol. The molecule has 29 heavy (non-hydrogen) atoms. The number of hydrogen-bond donors (Lipinski definition) is 0. The van der Waals surface area contributed by atoms with Gasteiger partial charge in [0.2, 0.25) is 0 Å². The van der Waals surface area contributed by atoms with Crippen LogP contribution in [0.15, 0.2) is 60.7 Å². The minimum absolute atomic E-state index is 0. The van der Waals surface area contributed by atoms with Crippen LogP contribution >= 0.6 is 7.26 Å². The van der Waals surface area contributed by atoms with Crippen molar-refractivity contribution in [3.05, 3.63) is 71.8 Å². The van der Waals surface area contributed by atoms with Gasteiger partial charge in [0.15, 0.2) is 22.3 Å². The Balaban J connectivity index is 0.00000205. The molecule has 0 radical (unpaired) electrons. The highest BCUT2D eigenvalue weighted by molar-refractivity contribution is 7.77. The summed E-state index contributed by atoms with van der Waals surface area (Å²) in [6.45, 7) is 8.88. The van der Waals surface area contributed by atoms with E-state index in [9.17, 15) is 0 Å². The molecule has 3 nitrogen and oxygen atoms in total. The number of halogens is 1. The lowest BCUT2D eigenvalue weighted by Gasteiger charge is -2.69. The van der Waals surface area contributed by atoms with E-state index >= 15 is 0 Å². The average Bonchev–Trinajstić information content (AvgIpc) is 2.58. The van der Waals surface area contributed by atoms with Gasteiger partial charge in [0.05, 0.1) is 32.4 Å². The van der Waals surface area contributed by atoms with Gasteiger partial charge in [-0.25, -0.2) is 0 Å². The van der Waals surface area contributed by atoms with Gasteiger partial charge in [-0.1, -0.05) is 60.7 Å². The summed E-state index contributed by atoms with van der Waals surface area (Å²) in [5, 5.41) is -0.461. The van der Waals surface area contributed by atoms with Crippen LogP contribution in [-0.4, -0.2) is 22.3 Å². The summed E-state index contributed by atoms with van der Waals surface area (Å²) in [4.78, 5) is 0. The quantitative estimate of drug-likeness (QED) is 0.634. The Labute approximate surface area is 185 Å². The van der Waals surface area contributed by atoms with Crippen molar-refractivity contribution in [1.82, 2.24) is 0 Å². The van der Waals surface area contributed by atoms with Crippen molar-refractivity contribution in [3.8, 4) is 0 Å². The summed E-state index contributed by atoms with van der Waals surface area (Å²) in [5.41, 5.74) is 2.76. The number of benzene rings is 2. The van der Waals surface area contributed by atoms with Crippen LogP contribution in [0.3, 0.4) is 0 Å². The largest absolute Gasteiger partial charge is 1.00 e. The van der Waals surface area contributed by atoms with Gasteiger partial charge in [-0.2, -0.15) is 0 Å². The van der Waals surface area contributed by atoms with E-state index in [0.29, 0.717) is 0 Å². The molecule has 4 atom stereocenters. The molecule has 4 heterocycles. The van der Waals surface area contributed by atoms with Gasteiger partial charge in [-0.15, -0.1) is 0 Å². The highest BCUT2D eigenvalue weighted by Gasteiger charge is 2.82. The molecule has 2 aromatic rings. The van der Waals surface area contributed by atoms with Crippen LogP contribution in [0, 0.1) is 0 Å². The van der Waals surface area contributed by atoms with Crippen molar-refractivity contribution in [2.24, 2.45) is 0 Å². The molecule has 156 valence electrons. The van der Waals surface area contributed by atoms with Gasteiger partial charge < -0.3 is 31.2 Å². The normalized spacial score (nSPS) is 39.2. The number of hydrogen-bond acceptors (Lipinski definition) is 3. The summed E-state index contributed by atoms with van der Waals surface area (Å²) < 4.78 is 20.0. The van der Waals surface area contributed by atoms with E-state index in [4.69, 9.17) is 14.2 Å². The SMILES string of the molecule is C[C@@]12C[C@]3(C)O[C@@](C)(C[C@](C)(O1)[P+]3(Cc1ccccc1)Cc1ccccc1)O2.[Br-]. The first kappa shape index (κ1) is 21.5. The Bertz CT molecular complexity index is 800. The second-order valence-electron chi connectivity index (χ2n) is 9.53. The molecule has 0 unspecified atom stereocenters. The zero-order valence-electron chi connectivity index (χ0n) is 17.7. The molecule has 0 aliphatic carbocycles. The highest BCUT2D eigenvalue weighted by Crippen LogP contribution is 2.89. The molecule has 0 N–H and O–H groups in total. The Morgan fingerprint density at radius 2 is 1.03 bits per heavy atom.